The Kier molecular flexibility index (Phi) is 5.68. The van der Waals surface area contributed by atoms with Crippen molar-refractivity contribution in [2.75, 3.05) is 19.0 Å². The van der Waals surface area contributed by atoms with Gasteiger partial charge in [0.1, 0.15) is 0 Å². The van der Waals surface area contributed by atoms with E-state index in [1.165, 1.54) is 4.90 Å². The van der Waals surface area contributed by atoms with E-state index in [4.69, 9.17) is 4.74 Å². The zero-order valence-corrected chi connectivity index (χ0v) is 15.3. The summed E-state index contributed by atoms with van der Waals surface area (Å²) in [6.07, 6.45) is 1.87. The third-order valence-corrected chi connectivity index (χ3v) is 4.92. The third-order valence-electron chi connectivity index (χ3n) is 4.06. The number of amides is 2. The van der Waals surface area contributed by atoms with E-state index in [2.05, 4.69) is 5.32 Å². The highest BCUT2D eigenvalue weighted by molar-refractivity contribution is 7.09. The Morgan fingerprint density at radius 2 is 1.92 bits per heavy atom. The summed E-state index contributed by atoms with van der Waals surface area (Å²) in [6, 6.07) is 10.3. The molecule has 2 amide bonds. The number of thiophene rings is 1. The Morgan fingerprint density at radius 1 is 1.19 bits per heavy atom. The van der Waals surface area contributed by atoms with Gasteiger partial charge in [-0.1, -0.05) is 6.07 Å². The number of likely N-dealkylation sites (N-methyl/N-ethyl adjacent to an activating group) is 1. The predicted molar refractivity (Wildman–Crippen MR) is 98.9 cm³/mol. The minimum Gasteiger partial charge on any atom is -0.452 e. The van der Waals surface area contributed by atoms with E-state index in [-0.39, 0.29) is 24.3 Å². The van der Waals surface area contributed by atoms with Crippen molar-refractivity contribution in [2.24, 2.45) is 5.92 Å². The molecule has 2 aromatic rings. The fraction of sp³-hybridized carbons (Fsp3) is 0.316. The molecule has 26 heavy (non-hydrogen) atoms. The number of rotatable bonds is 7. The molecule has 136 valence electrons. The van der Waals surface area contributed by atoms with Crippen LogP contribution in [0.15, 0.2) is 41.8 Å². The van der Waals surface area contributed by atoms with Crippen molar-refractivity contribution < 1.29 is 19.1 Å². The van der Waals surface area contributed by atoms with Gasteiger partial charge in [0.05, 0.1) is 12.1 Å². The smallest absolute Gasteiger partial charge is 0.338 e. The van der Waals surface area contributed by atoms with Gasteiger partial charge >= 0.3 is 5.97 Å². The molecule has 0 radical (unpaired) electrons. The van der Waals surface area contributed by atoms with Crippen molar-refractivity contribution in [2.45, 2.75) is 19.4 Å². The van der Waals surface area contributed by atoms with Crippen LogP contribution in [0.3, 0.4) is 0 Å². The van der Waals surface area contributed by atoms with Crippen LogP contribution < -0.4 is 5.32 Å². The summed E-state index contributed by atoms with van der Waals surface area (Å²) in [6.45, 7) is 0.185. The number of esters is 1. The monoisotopic (exact) mass is 372 g/mol. The van der Waals surface area contributed by atoms with Crippen molar-refractivity contribution in [1.82, 2.24) is 4.90 Å². The van der Waals surface area contributed by atoms with Gasteiger partial charge in [-0.3, -0.25) is 9.59 Å². The summed E-state index contributed by atoms with van der Waals surface area (Å²) >= 11 is 1.57. The van der Waals surface area contributed by atoms with Crippen LogP contribution in [0.5, 0.6) is 0 Å². The Balaban J connectivity index is 1.46. The number of carbonyl (C=O) groups is 3. The quantitative estimate of drug-likeness (QED) is 0.758. The van der Waals surface area contributed by atoms with Crippen LogP contribution in [0.1, 0.15) is 28.1 Å². The summed E-state index contributed by atoms with van der Waals surface area (Å²) in [5, 5.41) is 4.75. The van der Waals surface area contributed by atoms with Crippen LogP contribution in [0.4, 0.5) is 5.69 Å². The molecular formula is C19H20N2O4S. The van der Waals surface area contributed by atoms with Gasteiger partial charge in [-0.2, -0.15) is 0 Å². The first kappa shape index (κ1) is 18.1. The maximum absolute atomic E-state index is 12.1. The average molecular weight is 372 g/mol. The number of nitrogens with zero attached hydrogens (tertiary/aromatic N) is 1. The van der Waals surface area contributed by atoms with Gasteiger partial charge in [-0.05, 0) is 48.6 Å². The van der Waals surface area contributed by atoms with Gasteiger partial charge in [-0.25, -0.2) is 4.79 Å². The first-order chi connectivity index (χ1) is 12.5. The lowest BCUT2D eigenvalue weighted by molar-refractivity contribution is -0.133. The second-order valence-corrected chi connectivity index (χ2v) is 7.28. The van der Waals surface area contributed by atoms with Crippen LogP contribution >= 0.6 is 11.3 Å². The van der Waals surface area contributed by atoms with Gasteiger partial charge in [-0.15, -0.1) is 11.3 Å². The van der Waals surface area contributed by atoms with E-state index in [0.717, 1.165) is 17.7 Å². The Bertz CT molecular complexity index is 782. The molecule has 0 spiro atoms. The van der Waals surface area contributed by atoms with Crippen LogP contribution in [-0.2, 0) is 20.9 Å². The molecule has 3 rings (SSSR count). The number of nitrogens with one attached hydrogen (secondary N) is 1. The lowest BCUT2D eigenvalue weighted by atomic mass is 10.2. The topological polar surface area (TPSA) is 75.7 Å². The number of hydrogen-bond donors (Lipinski definition) is 1. The molecule has 0 unspecified atom stereocenters. The zero-order chi connectivity index (χ0) is 18.5. The SMILES string of the molecule is CN(Cc1cccs1)C(=O)COC(=O)c1ccc(NC(=O)C2CC2)cc1. The zero-order valence-electron chi connectivity index (χ0n) is 14.4. The fourth-order valence-corrected chi connectivity index (χ4v) is 3.08. The molecule has 0 bridgehead atoms. The van der Waals surface area contributed by atoms with Crippen LogP contribution in [0, 0.1) is 5.92 Å². The molecule has 1 heterocycles. The second-order valence-electron chi connectivity index (χ2n) is 6.25. The van der Waals surface area contributed by atoms with Gasteiger partial charge in [0.25, 0.3) is 5.91 Å². The molecule has 1 aromatic carbocycles. The molecule has 6 nitrogen and oxygen atoms in total. The summed E-state index contributed by atoms with van der Waals surface area (Å²) < 4.78 is 5.09. The molecule has 1 aliphatic carbocycles. The predicted octanol–water partition coefficient (Wildman–Crippen LogP) is 2.91. The Morgan fingerprint density at radius 3 is 2.54 bits per heavy atom. The fourth-order valence-electron chi connectivity index (χ4n) is 2.32. The molecular weight excluding hydrogens is 352 g/mol. The average Bonchev–Trinajstić information content (AvgIpc) is 3.38. The van der Waals surface area contributed by atoms with Crippen LogP contribution in [0.2, 0.25) is 0 Å². The molecule has 0 saturated heterocycles. The van der Waals surface area contributed by atoms with E-state index >= 15 is 0 Å². The van der Waals surface area contributed by atoms with Crippen molar-refractivity contribution in [3.8, 4) is 0 Å². The largest absolute Gasteiger partial charge is 0.452 e. The summed E-state index contributed by atoms with van der Waals surface area (Å²) in [5.74, 6) is -0.695. The second kappa shape index (κ2) is 8.14. The minimum atomic E-state index is -0.567. The molecule has 0 atom stereocenters. The van der Waals surface area contributed by atoms with Gasteiger partial charge in [0, 0.05) is 23.5 Å². The maximum atomic E-state index is 12.1. The summed E-state index contributed by atoms with van der Waals surface area (Å²) in [5.41, 5.74) is 0.980. The molecule has 1 aliphatic rings. The lowest BCUT2D eigenvalue weighted by Crippen LogP contribution is -2.30. The van der Waals surface area contributed by atoms with E-state index in [1.807, 2.05) is 17.5 Å². The van der Waals surface area contributed by atoms with Crippen molar-refractivity contribution >= 4 is 34.8 Å². The third kappa shape index (κ3) is 4.92. The molecule has 1 fully saturated rings. The van der Waals surface area contributed by atoms with E-state index in [9.17, 15) is 14.4 Å². The molecule has 0 aliphatic heterocycles. The van der Waals surface area contributed by atoms with Crippen molar-refractivity contribution in [1.29, 1.82) is 0 Å². The first-order valence-electron chi connectivity index (χ1n) is 8.37. The normalized spacial score (nSPS) is 13.1. The highest BCUT2D eigenvalue weighted by atomic mass is 32.1. The Labute approximate surface area is 155 Å². The first-order valence-corrected chi connectivity index (χ1v) is 9.25. The van der Waals surface area contributed by atoms with Gasteiger partial charge in [0.2, 0.25) is 5.91 Å². The Hall–Kier alpha value is -2.67. The van der Waals surface area contributed by atoms with Crippen LogP contribution in [-0.4, -0.2) is 36.3 Å². The van der Waals surface area contributed by atoms with Crippen LogP contribution in [0.25, 0.3) is 0 Å². The highest BCUT2D eigenvalue weighted by Crippen LogP contribution is 2.30. The molecule has 1 saturated carbocycles. The number of anilines is 1. The summed E-state index contributed by atoms with van der Waals surface area (Å²) in [4.78, 5) is 38.4. The van der Waals surface area contributed by atoms with E-state index in [0.29, 0.717) is 17.8 Å². The van der Waals surface area contributed by atoms with E-state index < -0.39 is 5.97 Å². The minimum absolute atomic E-state index is 0.0136. The molecule has 7 heteroatoms. The van der Waals surface area contributed by atoms with Crippen molar-refractivity contribution in [3.63, 3.8) is 0 Å². The van der Waals surface area contributed by atoms with Crippen molar-refractivity contribution in [3.05, 3.63) is 52.2 Å². The molecule has 1 N–H and O–H groups in total. The highest BCUT2D eigenvalue weighted by Gasteiger charge is 2.29. The van der Waals surface area contributed by atoms with E-state index in [1.54, 1.807) is 42.6 Å². The number of ether oxygens (including phenoxy) is 1. The van der Waals surface area contributed by atoms with Gasteiger partial charge in [0.15, 0.2) is 6.61 Å². The molecule has 1 aromatic heterocycles. The standard InChI is InChI=1S/C19H20N2O4S/c1-21(11-16-3-2-10-26-16)17(22)12-25-19(24)14-6-8-15(9-7-14)20-18(23)13-4-5-13/h2-3,6-10,13H,4-5,11-12H2,1H3,(H,20,23). The number of carbonyl (C=O) groups excluding carboxylic acids is 3. The number of benzene rings is 1. The maximum Gasteiger partial charge on any atom is 0.338 e. The lowest BCUT2D eigenvalue weighted by Gasteiger charge is -2.16. The number of hydrogen-bond acceptors (Lipinski definition) is 5. The van der Waals surface area contributed by atoms with Gasteiger partial charge < -0.3 is 15.0 Å². The summed E-state index contributed by atoms with van der Waals surface area (Å²) in [7, 11) is 1.67.